The number of carbonyl (C=O) groups excluding carboxylic acids is 3. The summed E-state index contributed by atoms with van der Waals surface area (Å²) >= 11 is 0. The van der Waals surface area contributed by atoms with Crippen molar-refractivity contribution in [1.82, 2.24) is 58.8 Å². The molecule has 0 aliphatic heterocycles. The van der Waals surface area contributed by atoms with E-state index in [2.05, 4.69) is 64.2 Å². The first-order chi connectivity index (χ1) is 62.0. The minimum atomic E-state index is -6.27. The number of nitrogens with one attached hydrogen (secondary N) is 2. The van der Waals surface area contributed by atoms with Crippen LogP contribution < -0.4 is 65.9 Å². The summed E-state index contributed by atoms with van der Waals surface area (Å²) in [5.74, 6) is -5.71. The first-order valence-electron chi connectivity index (χ1n) is 38.6. The molecule has 0 spiro atoms. The van der Waals surface area contributed by atoms with Crippen LogP contribution in [0.5, 0.6) is 23.0 Å². The Bertz CT molecular complexity index is 6830. The highest BCUT2D eigenvalue weighted by atomic mass is 32.2. The molecule has 0 bridgehead atoms. The molecule has 0 fully saturated rings. The average molecular weight is 1830 g/mol. The van der Waals surface area contributed by atoms with Gasteiger partial charge in [-0.05, 0) is 106 Å². The van der Waals surface area contributed by atoms with Gasteiger partial charge in [0.15, 0.2) is 45.0 Å². The number of hydrogen-bond acceptors (Lipinski definition) is 30. The molecule has 6 aromatic carbocycles. The number of rotatable bonds is 28. The number of halogens is 9. The van der Waals surface area contributed by atoms with Crippen LogP contribution in [0, 0.1) is 27.7 Å². The molecule has 0 radical (unpaired) electrons. The van der Waals surface area contributed by atoms with Gasteiger partial charge in [-0.1, -0.05) is 146 Å². The fraction of sp³-hybridized carbons (Fsp3) is 0.221. The number of carbonyl (C=O) groups is 3. The van der Waals surface area contributed by atoms with Crippen LogP contribution in [0.4, 0.5) is 50.9 Å². The van der Waals surface area contributed by atoms with Gasteiger partial charge in [-0.25, -0.2) is 54.3 Å². The Morgan fingerprint density at radius 2 is 0.723 bits per heavy atom. The van der Waals surface area contributed by atoms with E-state index in [1.807, 2.05) is 91.0 Å². The molecule has 0 unspecified atom stereocenters. The van der Waals surface area contributed by atoms with E-state index in [1.165, 1.54) is 75.3 Å². The molecule has 8 aromatic heterocycles. The number of esters is 3. The quantitative estimate of drug-likeness (QED) is 0.0135. The molecule has 3 N–H and O–H groups in total. The monoisotopic (exact) mass is 1830 g/mol. The maximum atomic E-state index is 13.6. The zero-order valence-electron chi connectivity index (χ0n) is 69.3. The van der Waals surface area contributed by atoms with Crippen LogP contribution in [0.3, 0.4) is 0 Å². The largest absolute Gasteiger partial charge is 0.573 e. The lowest BCUT2D eigenvalue weighted by atomic mass is 10.1. The van der Waals surface area contributed by atoms with Crippen molar-refractivity contribution in [1.29, 1.82) is 0 Å². The molecule has 8 heterocycles. The smallest absolute Gasteiger partial charge is 0.506 e. The van der Waals surface area contributed by atoms with Gasteiger partial charge in [0.1, 0.15) is 69.0 Å². The Morgan fingerprint density at radius 3 is 1.13 bits per heavy atom. The second kappa shape index (κ2) is 42.0. The van der Waals surface area contributed by atoms with E-state index >= 15 is 0 Å². The Kier molecular flexibility index (Phi) is 30.7. The predicted molar refractivity (Wildman–Crippen MR) is 447 cm³/mol. The highest BCUT2D eigenvalue weighted by Crippen LogP contribution is 2.36. The SMILES string of the molecule is CCOC(=O)c1c(NCc2cccc(OC(F)(F)F)c2)c2c(C)ncnc2n(OCc2ccccc2)c1=O.CCOC(=O)c1c(O)c2c(C)ncnc2n(OCc2ccccc2)c1=O.CCOC(=O)c1c(OS(=O)(=O)C(F)(F)F)c2c(C)ncnc2n(OCc2ccccc2)c1=O.Cc1ncnc2c1c(NCc1cccc(OC(F)(F)F)c1)cc(=O)n2OCc1ccccc1. The number of benzene rings is 6. The maximum absolute atomic E-state index is 13.6. The first-order valence-corrected chi connectivity index (χ1v) is 40.1. The Labute approximate surface area is 728 Å². The average Bonchev–Trinajstić information content (AvgIpc) is 0.736. The molecule has 0 aliphatic carbocycles. The van der Waals surface area contributed by atoms with E-state index in [9.17, 15) is 86.6 Å². The molecule has 0 aliphatic rings. The zero-order chi connectivity index (χ0) is 93.8. The first kappa shape index (κ1) is 94.9. The standard InChI is InChI=1S/C26H23F3N4O5.C23H19F3N4O3.C19H16F3N3O7S.C18H17N3O5/c1-3-36-25(35)21-22(30-13-18-10-7-11-19(12-18)38-26(27,28)29)20-16(2)31-15-32-23(20)33(24(21)34)37-14-17-8-5-4-6-9-17;1-15-21-19(27-12-17-8-5-9-18(10-17)33-23(24,25)26)11-20(31)30(22(21)29-14-28-15)32-13-16-6-3-2-4-7-16;1-3-30-18(27)14-15(32-33(28,29)19(20,21)22)13-11(2)23-10-24-16(13)25(17(14)26)31-9-12-7-5-4-6-8-12;1-3-25-18(24)14-15(22)13-11(2)19-10-20-16(13)21(17(14)23)26-9-12-7-5-4-6-8-12/h4-12,15,30H,3,13-14H2,1-2H3;2-11,14,27H,12-13H2,1H3;4-8,10H,3,9H2,1-2H3;4-8,10,22H,3,9H2,1-2H3. The number of fused-ring (bicyclic) bond motifs is 4. The van der Waals surface area contributed by atoms with Gasteiger partial charge in [0, 0.05) is 19.2 Å². The molecule has 0 saturated heterocycles. The van der Waals surface area contributed by atoms with Crippen molar-refractivity contribution in [3.8, 4) is 23.0 Å². The fourth-order valence-corrected chi connectivity index (χ4v) is 12.9. The van der Waals surface area contributed by atoms with Crippen LogP contribution in [-0.4, -0.2) is 128 Å². The van der Waals surface area contributed by atoms with Gasteiger partial charge in [-0.2, -0.15) is 21.6 Å². The van der Waals surface area contributed by atoms with E-state index in [-0.39, 0.29) is 104 Å². The number of aromatic nitrogens is 12. The van der Waals surface area contributed by atoms with Crippen LogP contribution in [0.15, 0.2) is 220 Å². The number of alkyl halides is 9. The number of anilines is 2. The van der Waals surface area contributed by atoms with Gasteiger partial charge in [-0.15, -0.1) is 45.3 Å². The fourth-order valence-electron chi connectivity index (χ4n) is 12.4. The summed E-state index contributed by atoms with van der Waals surface area (Å²) in [6.07, 6.45) is -4.81. The molecular weight excluding hydrogens is 1750 g/mol. The molecule has 0 saturated carbocycles. The minimum Gasteiger partial charge on any atom is -0.506 e. The van der Waals surface area contributed by atoms with Gasteiger partial charge >= 0.3 is 62.9 Å². The highest BCUT2D eigenvalue weighted by molar-refractivity contribution is 7.88. The lowest BCUT2D eigenvalue weighted by molar-refractivity contribution is -0.275. The molecule has 14 rings (SSSR count). The van der Waals surface area contributed by atoms with Crippen LogP contribution >= 0.6 is 0 Å². The summed E-state index contributed by atoms with van der Waals surface area (Å²) < 4.78 is 168. The van der Waals surface area contributed by atoms with Crippen molar-refractivity contribution in [2.45, 2.75) is 106 Å². The lowest BCUT2D eigenvalue weighted by Crippen LogP contribution is -2.35. The minimum absolute atomic E-state index is 0.00171. The van der Waals surface area contributed by atoms with E-state index < -0.39 is 108 Å². The van der Waals surface area contributed by atoms with Gasteiger partial charge < -0.3 is 63.0 Å². The third-order valence-electron chi connectivity index (χ3n) is 18.1. The summed E-state index contributed by atoms with van der Waals surface area (Å²) in [6.45, 7) is 10.9. The van der Waals surface area contributed by atoms with Crippen LogP contribution in [0.2, 0.25) is 0 Å². The van der Waals surface area contributed by atoms with Crippen LogP contribution in [0.25, 0.3) is 44.1 Å². The van der Waals surface area contributed by atoms with Crippen LogP contribution in [0.1, 0.15) is 108 Å². The van der Waals surface area contributed by atoms with Crippen molar-refractivity contribution in [3.05, 3.63) is 315 Å². The highest BCUT2D eigenvalue weighted by Gasteiger charge is 2.50. The summed E-state index contributed by atoms with van der Waals surface area (Å²) in [5.41, 5.74) is -5.35. The summed E-state index contributed by atoms with van der Waals surface area (Å²) in [7, 11) is -6.27. The predicted octanol–water partition coefficient (Wildman–Crippen LogP) is 12.4. The Balaban J connectivity index is 0.000000169. The zero-order valence-corrected chi connectivity index (χ0v) is 70.1. The normalized spacial score (nSPS) is 11.4. The number of hydrogen-bond donors (Lipinski definition) is 3. The maximum Gasteiger partial charge on any atom is 0.573 e. The molecule has 130 heavy (non-hydrogen) atoms. The topological polar surface area (TPSA) is 413 Å². The Hall–Kier alpha value is -15.8. The Morgan fingerprint density at radius 1 is 0.392 bits per heavy atom. The molecule has 0 amide bonds. The summed E-state index contributed by atoms with van der Waals surface area (Å²) in [6, 6.07) is 48.4. The molecule has 0 atom stereocenters. The molecule has 44 heteroatoms. The van der Waals surface area contributed by atoms with Crippen molar-refractivity contribution >= 4 is 83.5 Å². The third kappa shape index (κ3) is 23.5. The van der Waals surface area contributed by atoms with E-state index in [0.717, 1.165) is 37.2 Å². The van der Waals surface area contributed by atoms with Gasteiger partial charge in [0.2, 0.25) is 0 Å². The number of nitrogens with zero attached hydrogens (tertiary/aromatic N) is 12. The number of pyridine rings is 4. The molecule has 34 nitrogen and oxygen atoms in total. The van der Waals surface area contributed by atoms with E-state index in [1.54, 1.807) is 77.1 Å². The van der Waals surface area contributed by atoms with Crippen molar-refractivity contribution in [3.63, 3.8) is 0 Å². The summed E-state index contributed by atoms with van der Waals surface area (Å²) in [4.78, 5) is 145. The van der Waals surface area contributed by atoms with Gasteiger partial charge in [0.25, 0.3) is 5.56 Å². The van der Waals surface area contributed by atoms with E-state index in [4.69, 9.17) is 33.6 Å². The second-order valence-corrected chi connectivity index (χ2v) is 28.6. The van der Waals surface area contributed by atoms with Crippen LogP contribution in [-0.2, 0) is 63.8 Å². The number of ether oxygens (including phenoxy) is 5. The van der Waals surface area contributed by atoms with Crippen molar-refractivity contribution < 1.29 is 115 Å². The number of aromatic hydroxyl groups is 1. The second-order valence-electron chi connectivity index (χ2n) is 27.1. The van der Waals surface area contributed by atoms with E-state index in [0.29, 0.717) is 55.0 Å². The molecular formula is C86H75F9N14O20S. The van der Waals surface area contributed by atoms with Crippen molar-refractivity contribution in [2.24, 2.45) is 0 Å². The van der Waals surface area contributed by atoms with Crippen molar-refractivity contribution in [2.75, 3.05) is 30.5 Å². The summed E-state index contributed by atoms with van der Waals surface area (Å²) in [5, 5.41) is 17.1. The lowest BCUT2D eigenvalue weighted by Gasteiger charge is -2.19. The van der Waals surface area contributed by atoms with Gasteiger partial charge in [0.05, 0.1) is 75.5 Å². The molecule has 14 aromatic rings. The molecule has 678 valence electrons. The number of aryl methyl sites for hydroxylation is 4. The third-order valence-corrected chi connectivity index (χ3v) is 19.1. The van der Waals surface area contributed by atoms with Gasteiger partial charge in [-0.3, -0.25) is 19.2 Å².